The Hall–Kier alpha value is -0.640. The minimum atomic E-state index is -1.05. The fraction of sp³-hybridized carbons (Fsp3) is 0.385. The van der Waals surface area contributed by atoms with E-state index in [0.717, 1.165) is 5.56 Å². The van der Waals surface area contributed by atoms with Crippen molar-refractivity contribution in [1.29, 1.82) is 0 Å². The average molecular weight is 403 g/mol. The molecule has 0 aliphatic rings. The number of rotatable bonds is 8. The van der Waals surface area contributed by atoms with Crippen molar-refractivity contribution < 1.29 is 19.4 Å². The monoisotopic (exact) mass is 402 g/mol. The number of carboxylic acid groups (broad SMARTS) is 1. The predicted octanol–water partition coefficient (Wildman–Crippen LogP) is 1.86. The van der Waals surface area contributed by atoms with Gasteiger partial charge in [0, 0.05) is 11.5 Å². The summed E-state index contributed by atoms with van der Waals surface area (Å²) in [6.07, 6.45) is 0. The third-order valence-electron chi connectivity index (χ3n) is 2.44. The van der Waals surface area contributed by atoms with Gasteiger partial charge in [-0.3, -0.25) is 4.79 Å². The Balaban J connectivity index is 0. The summed E-state index contributed by atoms with van der Waals surface area (Å²) in [7, 11) is 2.56. The zero-order chi connectivity index (χ0) is 15.8. The molecule has 0 spiro atoms. The molecule has 1 rings (SSSR count). The molecule has 10 heteroatoms. The van der Waals surface area contributed by atoms with Crippen LogP contribution < -0.4 is 16.2 Å². The van der Waals surface area contributed by atoms with Crippen LogP contribution in [0.15, 0.2) is 24.3 Å². The Bertz CT molecular complexity index is 491. The van der Waals surface area contributed by atoms with E-state index in [1.165, 1.54) is 21.6 Å². The molecule has 2 unspecified atom stereocenters. The number of aryl methyl sites for hydroxylation is 1. The second-order valence-corrected chi connectivity index (χ2v) is 6.91. The second-order valence-electron chi connectivity index (χ2n) is 4.35. The molecule has 0 heterocycles. The van der Waals surface area contributed by atoms with E-state index < -0.39 is 24.0 Å². The number of benzene rings is 1. The Morgan fingerprint density at radius 2 is 1.57 bits per heavy atom. The van der Waals surface area contributed by atoms with Crippen LogP contribution in [0.1, 0.15) is 5.56 Å². The molecule has 23 heavy (non-hydrogen) atoms. The molecule has 6 nitrogen and oxygen atoms in total. The third kappa shape index (κ3) is 9.95. The molecule has 1 aromatic rings. The van der Waals surface area contributed by atoms with Gasteiger partial charge in [0.1, 0.15) is 17.8 Å². The lowest BCUT2D eigenvalue weighted by atomic mass is 10.2. The number of nitrogens with two attached hydrogens (primary N) is 2. The predicted molar refractivity (Wildman–Crippen MR) is 99.8 cm³/mol. The SMILES string of the molecule is Cc1ccc(OC(=O)C(N)CSSCC(N)C(=O)O)cc1.Cl.Cl. The molecule has 0 radical (unpaired) electrons. The Kier molecular flexibility index (Phi) is 13.6. The number of hydrogen-bond acceptors (Lipinski definition) is 7. The second kappa shape index (κ2) is 12.7. The summed E-state index contributed by atoms with van der Waals surface area (Å²) in [5.41, 5.74) is 12.1. The Morgan fingerprint density at radius 1 is 1.09 bits per heavy atom. The van der Waals surface area contributed by atoms with Crippen LogP contribution in [0.25, 0.3) is 0 Å². The van der Waals surface area contributed by atoms with E-state index in [1.54, 1.807) is 12.1 Å². The first-order chi connectivity index (χ1) is 9.90. The molecule has 2 atom stereocenters. The molecule has 0 aliphatic heterocycles. The lowest BCUT2D eigenvalue weighted by molar-refractivity contribution is -0.138. The number of ether oxygens (including phenoxy) is 1. The van der Waals surface area contributed by atoms with Crippen LogP contribution in [0.3, 0.4) is 0 Å². The molecule has 132 valence electrons. The molecule has 0 aromatic heterocycles. The molecule has 0 saturated carbocycles. The molecular weight excluding hydrogens is 383 g/mol. The van der Waals surface area contributed by atoms with Gasteiger partial charge in [0.15, 0.2) is 0 Å². The van der Waals surface area contributed by atoms with Gasteiger partial charge in [0.05, 0.1) is 0 Å². The van der Waals surface area contributed by atoms with E-state index in [9.17, 15) is 9.59 Å². The zero-order valence-corrected chi connectivity index (χ0v) is 15.6. The van der Waals surface area contributed by atoms with E-state index in [2.05, 4.69) is 0 Å². The van der Waals surface area contributed by atoms with Gasteiger partial charge < -0.3 is 21.3 Å². The van der Waals surface area contributed by atoms with Crippen molar-refractivity contribution in [3.8, 4) is 5.75 Å². The van der Waals surface area contributed by atoms with Crippen molar-refractivity contribution in [2.75, 3.05) is 11.5 Å². The smallest absolute Gasteiger partial charge is 0.329 e. The summed E-state index contributed by atoms with van der Waals surface area (Å²) in [5, 5.41) is 8.62. The van der Waals surface area contributed by atoms with E-state index >= 15 is 0 Å². The molecule has 0 amide bonds. The van der Waals surface area contributed by atoms with Gasteiger partial charge in [0.2, 0.25) is 0 Å². The Morgan fingerprint density at radius 3 is 2.04 bits per heavy atom. The molecule has 0 fully saturated rings. The van der Waals surface area contributed by atoms with Crippen molar-refractivity contribution in [2.24, 2.45) is 11.5 Å². The van der Waals surface area contributed by atoms with Gasteiger partial charge >= 0.3 is 11.9 Å². The molecule has 5 N–H and O–H groups in total. The van der Waals surface area contributed by atoms with Crippen LogP contribution in [0, 0.1) is 6.92 Å². The van der Waals surface area contributed by atoms with Gasteiger partial charge in [-0.05, 0) is 19.1 Å². The standard InChI is InChI=1S/C13H18N2O4S2.2ClH/c1-8-2-4-9(5-3-8)19-13(18)11(15)7-21-20-6-10(14)12(16)17;;/h2-5,10-11H,6-7,14-15H2,1H3,(H,16,17);2*1H. The molecule has 1 aromatic carbocycles. The number of carbonyl (C=O) groups excluding carboxylic acids is 1. The fourth-order valence-corrected chi connectivity index (χ4v) is 3.40. The van der Waals surface area contributed by atoms with Crippen molar-refractivity contribution in [3.05, 3.63) is 29.8 Å². The number of carboxylic acids is 1. The summed E-state index contributed by atoms with van der Waals surface area (Å²) < 4.78 is 5.14. The summed E-state index contributed by atoms with van der Waals surface area (Å²) in [5.74, 6) is -0.547. The Labute approximate surface area is 155 Å². The molecule has 0 aliphatic carbocycles. The first-order valence-electron chi connectivity index (χ1n) is 6.17. The summed E-state index contributed by atoms with van der Waals surface area (Å²) in [6, 6.07) is 5.39. The van der Waals surface area contributed by atoms with Gasteiger partial charge in [-0.1, -0.05) is 39.3 Å². The summed E-state index contributed by atoms with van der Waals surface area (Å²) in [6.45, 7) is 1.94. The highest BCUT2D eigenvalue weighted by Crippen LogP contribution is 2.22. The van der Waals surface area contributed by atoms with Crippen molar-refractivity contribution in [3.63, 3.8) is 0 Å². The molecular formula is C13H20Cl2N2O4S2. The summed E-state index contributed by atoms with van der Waals surface area (Å²) in [4.78, 5) is 22.3. The van der Waals surface area contributed by atoms with Crippen LogP contribution in [-0.4, -0.2) is 40.6 Å². The van der Waals surface area contributed by atoms with Crippen LogP contribution in [0.4, 0.5) is 0 Å². The minimum absolute atomic E-state index is 0. The average Bonchev–Trinajstić information content (AvgIpc) is 2.45. The highest BCUT2D eigenvalue weighted by Gasteiger charge is 2.17. The first-order valence-corrected chi connectivity index (χ1v) is 8.65. The number of aliphatic carboxylic acids is 1. The lowest BCUT2D eigenvalue weighted by Crippen LogP contribution is -2.36. The first kappa shape index (κ1) is 24.6. The number of halogens is 2. The van der Waals surface area contributed by atoms with Gasteiger partial charge in [-0.15, -0.1) is 24.8 Å². The zero-order valence-electron chi connectivity index (χ0n) is 12.3. The van der Waals surface area contributed by atoms with Gasteiger partial charge in [-0.25, -0.2) is 4.79 Å². The van der Waals surface area contributed by atoms with E-state index in [1.807, 2.05) is 19.1 Å². The van der Waals surface area contributed by atoms with Crippen molar-refractivity contribution in [2.45, 2.75) is 19.0 Å². The quantitative estimate of drug-likeness (QED) is 0.261. The number of carbonyl (C=O) groups is 2. The minimum Gasteiger partial charge on any atom is -0.480 e. The summed E-state index contributed by atoms with van der Waals surface area (Å²) >= 11 is 0. The maximum Gasteiger partial charge on any atom is 0.329 e. The van der Waals surface area contributed by atoms with E-state index in [0.29, 0.717) is 11.5 Å². The van der Waals surface area contributed by atoms with Crippen molar-refractivity contribution in [1.82, 2.24) is 0 Å². The van der Waals surface area contributed by atoms with E-state index in [-0.39, 0.29) is 30.6 Å². The lowest BCUT2D eigenvalue weighted by Gasteiger charge is -2.11. The molecule has 0 saturated heterocycles. The van der Waals surface area contributed by atoms with Crippen LogP contribution in [0.5, 0.6) is 5.75 Å². The normalized spacial score (nSPS) is 12.3. The van der Waals surface area contributed by atoms with Gasteiger partial charge in [-0.2, -0.15) is 0 Å². The van der Waals surface area contributed by atoms with E-state index in [4.69, 9.17) is 21.3 Å². The highest BCUT2D eigenvalue weighted by molar-refractivity contribution is 8.76. The fourth-order valence-electron chi connectivity index (χ4n) is 1.18. The number of hydrogen-bond donors (Lipinski definition) is 3. The van der Waals surface area contributed by atoms with Crippen LogP contribution in [-0.2, 0) is 9.59 Å². The van der Waals surface area contributed by atoms with Crippen LogP contribution >= 0.6 is 46.4 Å². The number of esters is 1. The topological polar surface area (TPSA) is 116 Å². The maximum absolute atomic E-state index is 11.7. The van der Waals surface area contributed by atoms with Gasteiger partial charge in [0.25, 0.3) is 0 Å². The van der Waals surface area contributed by atoms with Crippen molar-refractivity contribution >= 4 is 58.3 Å². The third-order valence-corrected chi connectivity index (χ3v) is 4.91. The van der Waals surface area contributed by atoms with Crippen LogP contribution in [0.2, 0.25) is 0 Å². The maximum atomic E-state index is 11.7. The largest absolute Gasteiger partial charge is 0.480 e. The molecule has 0 bridgehead atoms. The highest BCUT2D eigenvalue weighted by atomic mass is 35.5.